The third-order valence-corrected chi connectivity index (χ3v) is 3.99. The molecule has 0 atom stereocenters. The predicted octanol–water partition coefficient (Wildman–Crippen LogP) is 1.67. The first-order chi connectivity index (χ1) is 8.66. The third-order valence-electron chi connectivity index (χ3n) is 2.61. The second kappa shape index (κ2) is 5.90. The molecule has 0 aromatic heterocycles. The molecule has 108 valence electrons. The minimum atomic E-state index is -3.57. The number of ether oxygens (including phenoxy) is 1. The highest BCUT2D eigenvalue weighted by Crippen LogP contribution is 2.17. The van der Waals surface area contributed by atoms with Crippen molar-refractivity contribution in [3.63, 3.8) is 0 Å². The molecular weight excluding hydrogens is 264 g/mol. The number of rotatable bonds is 6. The molecule has 1 aromatic carbocycles. The second-order valence-electron chi connectivity index (χ2n) is 5.10. The van der Waals surface area contributed by atoms with Crippen molar-refractivity contribution in [2.24, 2.45) is 0 Å². The molecule has 19 heavy (non-hydrogen) atoms. The standard InChI is InChI=1S/C13H22N2O3S/c1-5-18-13(3,4)9-15-19(16,17)12-7-10(2)6-11(14)8-12/h6-8,15H,5,9,14H2,1-4H3. The van der Waals surface area contributed by atoms with Gasteiger partial charge in [0.05, 0.1) is 10.5 Å². The van der Waals surface area contributed by atoms with Crippen LogP contribution in [0.3, 0.4) is 0 Å². The smallest absolute Gasteiger partial charge is 0.240 e. The van der Waals surface area contributed by atoms with E-state index in [0.29, 0.717) is 12.3 Å². The molecule has 0 fully saturated rings. The summed E-state index contributed by atoms with van der Waals surface area (Å²) in [4.78, 5) is 0.178. The largest absolute Gasteiger partial charge is 0.399 e. The minimum absolute atomic E-state index is 0.178. The summed E-state index contributed by atoms with van der Waals surface area (Å²) in [6, 6.07) is 4.76. The lowest BCUT2D eigenvalue weighted by atomic mass is 10.1. The van der Waals surface area contributed by atoms with Crippen LogP contribution >= 0.6 is 0 Å². The first kappa shape index (κ1) is 15.9. The topological polar surface area (TPSA) is 81.4 Å². The van der Waals surface area contributed by atoms with Crippen LogP contribution < -0.4 is 10.5 Å². The highest BCUT2D eigenvalue weighted by molar-refractivity contribution is 7.89. The lowest BCUT2D eigenvalue weighted by molar-refractivity contribution is -0.00514. The maximum atomic E-state index is 12.2. The Morgan fingerprint density at radius 2 is 1.95 bits per heavy atom. The number of anilines is 1. The highest BCUT2D eigenvalue weighted by Gasteiger charge is 2.22. The minimum Gasteiger partial charge on any atom is -0.399 e. The maximum absolute atomic E-state index is 12.2. The molecule has 5 nitrogen and oxygen atoms in total. The summed E-state index contributed by atoms with van der Waals surface area (Å²) in [5.74, 6) is 0. The number of nitrogens with one attached hydrogen (secondary N) is 1. The van der Waals surface area contributed by atoms with Gasteiger partial charge in [0.1, 0.15) is 0 Å². The van der Waals surface area contributed by atoms with Crippen LogP contribution in [-0.4, -0.2) is 27.2 Å². The number of benzene rings is 1. The highest BCUT2D eigenvalue weighted by atomic mass is 32.2. The summed E-state index contributed by atoms with van der Waals surface area (Å²) < 4.78 is 32.3. The van der Waals surface area contributed by atoms with Gasteiger partial charge in [-0.2, -0.15) is 0 Å². The summed E-state index contributed by atoms with van der Waals surface area (Å²) in [6.07, 6.45) is 0. The Labute approximate surface area is 115 Å². The van der Waals surface area contributed by atoms with Gasteiger partial charge in [0, 0.05) is 18.8 Å². The Kier molecular flexibility index (Phi) is 4.95. The van der Waals surface area contributed by atoms with Crippen molar-refractivity contribution in [1.82, 2.24) is 4.72 Å². The van der Waals surface area contributed by atoms with Gasteiger partial charge in [-0.3, -0.25) is 0 Å². The van der Waals surface area contributed by atoms with Gasteiger partial charge in [0.2, 0.25) is 10.0 Å². The van der Waals surface area contributed by atoms with Crippen LogP contribution in [0, 0.1) is 6.92 Å². The fraction of sp³-hybridized carbons (Fsp3) is 0.538. The van der Waals surface area contributed by atoms with E-state index in [-0.39, 0.29) is 11.4 Å². The normalized spacial score (nSPS) is 12.6. The summed E-state index contributed by atoms with van der Waals surface area (Å²) in [6.45, 7) is 8.09. The van der Waals surface area contributed by atoms with E-state index in [9.17, 15) is 8.42 Å². The maximum Gasteiger partial charge on any atom is 0.240 e. The number of nitrogen functional groups attached to an aromatic ring is 1. The van der Waals surface area contributed by atoms with Crippen LogP contribution in [0.25, 0.3) is 0 Å². The van der Waals surface area contributed by atoms with E-state index in [4.69, 9.17) is 10.5 Å². The number of nitrogens with two attached hydrogens (primary N) is 1. The molecule has 0 aliphatic rings. The monoisotopic (exact) mass is 286 g/mol. The molecule has 0 spiro atoms. The molecule has 0 radical (unpaired) electrons. The molecular formula is C13H22N2O3S. The Balaban J connectivity index is 2.87. The Hall–Kier alpha value is -1.11. The molecule has 0 aliphatic heterocycles. The van der Waals surface area contributed by atoms with Gasteiger partial charge in [-0.05, 0) is 51.5 Å². The van der Waals surface area contributed by atoms with Crippen molar-refractivity contribution in [1.29, 1.82) is 0 Å². The van der Waals surface area contributed by atoms with Crippen LogP contribution in [0.15, 0.2) is 23.1 Å². The number of aryl methyl sites for hydroxylation is 1. The third kappa shape index (κ3) is 4.81. The molecule has 0 bridgehead atoms. The van der Waals surface area contributed by atoms with Crippen molar-refractivity contribution >= 4 is 15.7 Å². The molecule has 1 aromatic rings. The van der Waals surface area contributed by atoms with Gasteiger partial charge in [-0.15, -0.1) is 0 Å². The van der Waals surface area contributed by atoms with E-state index in [0.717, 1.165) is 5.56 Å². The molecule has 0 heterocycles. The van der Waals surface area contributed by atoms with Gasteiger partial charge < -0.3 is 10.5 Å². The molecule has 0 unspecified atom stereocenters. The quantitative estimate of drug-likeness (QED) is 0.779. The fourth-order valence-electron chi connectivity index (χ4n) is 1.73. The lowest BCUT2D eigenvalue weighted by Gasteiger charge is -2.24. The summed E-state index contributed by atoms with van der Waals surface area (Å²) in [5, 5.41) is 0. The van der Waals surface area contributed by atoms with Crippen molar-refractivity contribution in [2.45, 2.75) is 38.2 Å². The zero-order chi connectivity index (χ0) is 14.7. The van der Waals surface area contributed by atoms with Gasteiger partial charge in [0.25, 0.3) is 0 Å². The van der Waals surface area contributed by atoms with Crippen LogP contribution in [0.1, 0.15) is 26.3 Å². The van der Waals surface area contributed by atoms with Crippen molar-refractivity contribution in [2.75, 3.05) is 18.9 Å². The first-order valence-corrected chi connectivity index (χ1v) is 7.65. The van der Waals surface area contributed by atoms with Crippen LogP contribution in [0.2, 0.25) is 0 Å². The number of hydrogen-bond donors (Lipinski definition) is 2. The van der Waals surface area contributed by atoms with Crippen LogP contribution in [0.4, 0.5) is 5.69 Å². The Morgan fingerprint density at radius 1 is 1.32 bits per heavy atom. The lowest BCUT2D eigenvalue weighted by Crippen LogP contribution is -2.40. The predicted molar refractivity (Wildman–Crippen MR) is 76.5 cm³/mol. The summed E-state index contributed by atoms with van der Waals surface area (Å²) >= 11 is 0. The van der Waals surface area contributed by atoms with Gasteiger partial charge in [-0.1, -0.05) is 0 Å². The zero-order valence-corrected chi connectivity index (χ0v) is 12.7. The van der Waals surface area contributed by atoms with Crippen LogP contribution in [0.5, 0.6) is 0 Å². The Morgan fingerprint density at radius 3 is 2.47 bits per heavy atom. The van der Waals surface area contributed by atoms with E-state index < -0.39 is 15.6 Å². The molecule has 3 N–H and O–H groups in total. The van der Waals surface area contributed by atoms with Crippen molar-refractivity contribution in [3.05, 3.63) is 23.8 Å². The van der Waals surface area contributed by atoms with Crippen molar-refractivity contribution < 1.29 is 13.2 Å². The average molecular weight is 286 g/mol. The van der Waals surface area contributed by atoms with Gasteiger partial charge >= 0.3 is 0 Å². The second-order valence-corrected chi connectivity index (χ2v) is 6.86. The van der Waals surface area contributed by atoms with E-state index >= 15 is 0 Å². The van der Waals surface area contributed by atoms with E-state index in [2.05, 4.69) is 4.72 Å². The molecule has 0 saturated heterocycles. The number of hydrogen-bond acceptors (Lipinski definition) is 4. The van der Waals surface area contributed by atoms with Gasteiger partial charge in [-0.25, -0.2) is 13.1 Å². The molecule has 6 heteroatoms. The first-order valence-electron chi connectivity index (χ1n) is 6.17. The summed E-state index contributed by atoms with van der Waals surface area (Å²) in [5.41, 5.74) is 6.37. The average Bonchev–Trinajstić information content (AvgIpc) is 2.25. The van der Waals surface area contributed by atoms with Crippen LogP contribution in [-0.2, 0) is 14.8 Å². The van der Waals surface area contributed by atoms with E-state index in [1.165, 1.54) is 6.07 Å². The SMILES string of the molecule is CCOC(C)(C)CNS(=O)(=O)c1cc(C)cc(N)c1. The van der Waals surface area contributed by atoms with E-state index in [1.807, 2.05) is 20.8 Å². The van der Waals surface area contributed by atoms with Gasteiger partial charge in [0.15, 0.2) is 0 Å². The van der Waals surface area contributed by atoms with E-state index in [1.54, 1.807) is 19.1 Å². The Bertz CT molecular complexity index is 519. The van der Waals surface area contributed by atoms with Crippen molar-refractivity contribution in [3.8, 4) is 0 Å². The fourth-order valence-corrected chi connectivity index (χ4v) is 3.06. The molecule has 0 amide bonds. The molecule has 0 saturated carbocycles. The zero-order valence-electron chi connectivity index (χ0n) is 11.9. The molecule has 0 aliphatic carbocycles. The summed E-state index contributed by atoms with van der Waals surface area (Å²) in [7, 11) is -3.57. The number of sulfonamides is 1. The molecule has 1 rings (SSSR count).